The topological polar surface area (TPSA) is 62.7 Å². The number of piperidine rings is 1. The molecular weight excluding hydrogens is 442 g/mol. The van der Waals surface area contributed by atoms with Crippen molar-refractivity contribution in [3.63, 3.8) is 0 Å². The average Bonchev–Trinajstić information content (AvgIpc) is 3.16. The van der Waals surface area contributed by atoms with Crippen LogP contribution >= 0.6 is 0 Å². The zero-order valence-corrected chi connectivity index (χ0v) is 17.6. The van der Waals surface area contributed by atoms with Crippen LogP contribution in [-0.4, -0.2) is 52.4 Å². The van der Waals surface area contributed by atoms with Crippen LogP contribution < -0.4 is 4.74 Å². The monoisotopic (exact) mass is 468 g/mol. The van der Waals surface area contributed by atoms with E-state index < -0.39 is 59.7 Å². The van der Waals surface area contributed by atoms with Crippen molar-refractivity contribution in [3.8, 4) is 5.88 Å². The summed E-state index contributed by atoms with van der Waals surface area (Å²) in [5, 5.41) is 11.4. The number of hydrogen-bond acceptors (Lipinski definition) is 4. The number of rotatable bonds is 5. The lowest BCUT2D eigenvalue weighted by Gasteiger charge is -2.52. The van der Waals surface area contributed by atoms with Crippen LogP contribution in [0.4, 0.5) is 26.3 Å². The van der Waals surface area contributed by atoms with Gasteiger partial charge in [0, 0.05) is 30.6 Å². The fraction of sp³-hybridized carbons (Fsp3) is 0.714. The first-order chi connectivity index (χ1) is 14.8. The van der Waals surface area contributed by atoms with Gasteiger partial charge in [0.25, 0.3) is 0 Å². The lowest BCUT2D eigenvalue weighted by molar-refractivity contribution is -0.176. The van der Waals surface area contributed by atoms with Gasteiger partial charge in [-0.05, 0) is 31.4 Å². The minimum absolute atomic E-state index is 0.00299. The minimum atomic E-state index is -4.68. The highest BCUT2D eigenvalue weighted by molar-refractivity contribution is 5.78. The van der Waals surface area contributed by atoms with Crippen LogP contribution in [0.2, 0.25) is 0 Å². The highest BCUT2D eigenvalue weighted by atomic mass is 19.4. The van der Waals surface area contributed by atoms with Crippen molar-refractivity contribution in [3.05, 3.63) is 23.9 Å². The summed E-state index contributed by atoms with van der Waals surface area (Å²) < 4.78 is 83.2. The minimum Gasteiger partial charge on any atom is -0.474 e. The van der Waals surface area contributed by atoms with Gasteiger partial charge in [-0.3, -0.25) is 4.79 Å². The number of aliphatic hydroxyl groups is 1. The molecule has 1 spiro atoms. The summed E-state index contributed by atoms with van der Waals surface area (Å²) in [6, 6.07) is 1.97. The van der Waals surface area contributed by atoms with Gasteiger partial charge in [-0.2, -0.15) is 26.3 Å². The van der Waals surface area contributed by atoms with Gasteiger partial charge in [0.1, 0.15) is 17.8 Å². The van der Waals surface area contributed by atoms with Gasteiger partial charge in [-0.15, -0.1) is 0 Å². The van der Waals surface area contributed by atoms with E-state index in [0.29, 0.717) is 12.8 Å². The van der Waals surface area contributed by atoms with Crippen LogP contribution in [0.25, 0.3) is 0 Å². The van der Waals surface area contributed by atoms with E-state index in [1.54, 1.807) is 0 Å². The van der Waals surface area contributed by atoms with E-state index in [1.807, 2.05) is 0 Å². The number of amides is 1. The van der Waals surface area contributed by atoms with E-state index in [9.17, 15) is 36.2 Å². The Labute approximate surface area is 181 Å². The molecule has 2 heterocycles. The summed E-state index contributed by atoms with van der Waals surface area (Å²) in [4.78, 5) is 17.6. The van der Waals surface area contributed by atoms with Gasteiger partial charge in [-0.1, -0.05) is 19.8 Å². The molecule has 1 aliphatic heterocycles. The molecule has 2 aliphatic rings. The van der Waals surface area contributed by atoms with Crippen molar-refractivity contribution in [2.75, 3.05) is 19.7 Å². The summed E-state index contributed by atoms with van der Waals surface area (Å²) in [5.74, 6) is -2.53. The van der Waals surface area contributed by atoms with E-state index in [2.05, 4.69) is 4.98 Å². The molecular formula is C21H26F6N2O3. The number of likely N-dealkylation sites (tertiary alicyclic amines) is 1. The standard InChI is InChI=1S/C21H26F6N2O3/c1-14(11-20(22,23)24)17(30)29-10-8-19(31,18(12-29)6-2-3-7-18)13-32-16-15(21(25,26)27)5-4-9-28-16/h4-5,9,14,31H,2-3,6-8,10-13H2,1H3/t14-,19?/m1/s1. The SMILES string of the molecule is C[C@H](CC(F)(F)F)C(=O)N1CCC(O)(COc2ncccc2C(F)(F)F)C2(CCCC2)C1. The molecule has 5 nitrogen and oxygen atoms in total. The maximum atomic E-state index is 13.2. The van der Waals surface area contributed by atoms with Crippen molar-refractivity contribution in [1.82, 2.24) is 9.88 Å². The Morgan fingerprint density at radius 1 is 1.22 bits per heavy atom. The van der Waals surface area contributed by atoms with Gasteiger partial charge >= 0.3 is 12.4 Å². The van der Waals surface area contributed by atoms with Gasteiger partial charge < -0.3 is 14.7 Å². The van der Waals surface area contributed by atoms with Crippen LogP contribution in [0.15, 0.2) is 18.3 Å². The number of pyridine rings is 1. The molecule has 1 saturated carbocycles. The number of hydrogen-bond donors (Lipinski definition) is 1. The normalized spacial score (nSPS) is 24.6. The molecule has 1 amide bonds. The molecule has 0 radical (unpaired) electrons. The summed E-state index contributed by atoms with van der Waals surface area (Å²) in [6.45, 7) is 0.813. The van der Waals surface area contributed by atoms with Crippen molar-refractivity contribution >= 4 is 5.91 Å². The Balaban J connectivity index is 1.77. The molecule has 1 saturated heterocycles. The van der Waals surface area contributed by atoms with Crippen molar-refractivity contribution < 1.29 is 41.0 Å². The summed E-state index contributed by atoms with van der Waals surface area (Å²) in [6.07, 6.45) is -6.76. The molecule has 1 aromatic heterocycles. The first-order valence-electron chi connectivity index (χ1n) is 10.5. The molecule has 0 aromatic carbocycles. The number of nitrogens with zero attached hydrogens (tertiary/aromatic N) is 2. The lowest BCUT2D eigenvalue weighted by atomic mass is 9.66. The molecule has 0 bridgehead atoms. The van der Waals surface area contributed by atoms with E-state index in [4.69, 9.17) is 4.74 Å². The van der Waals surface area contributed by atoms with Gasteiger partial charge in [0.15, 0.2) is 0 Å². The number of alkyl halides is 6. The molecule has 32 heavy (non-hydrogen) atoms. The van der Waals surface area contributed by atoms with E-state index in [-0.39, 0.29) is 19.5 Å². The largest absolute Gasteiger partial charge is 0.474 e. The molecule has 1 aromatic rings. The van der Waals surface area contributed by atoms with Crippen molar-refractivity contribution in [1.29, 1.82) is 0 Å². The highest BCUT2D eigenvalue weighted by Crippen LogP contribution is 2.51. The zero-order chi connectivity index (χ0) is 23.8. The van der Waals surface area contributed by atoms with E-state index in [0.717, 1.165) is 31.2 Å². The van der Waals surface area contributed by atoms with Crippen LogP contribution in [0.1, 0.15) is 51.0 Å². The first-order valence-corrected chi connectivity index (χ1v) is 10.5. The second kappa shape index (κ2) is 8.72. The molecule has 2 fully saturated rings. The maximum Gasteiger partial charge on any atom is 0.421 e. The number of aromatic nitrogens is 1. The summed E-state index contributed by atoms with van der Waals surface area (Å²) >= 11 is 0. The Kier molecular flexibility index (Phi) is 6.70. The Bertz CT molecular complexity index is 822. The highest BCUT2D eigenvalue weighted by Gasteiger charge is 2.56. The van der Waals surface area contributed by atoms with Crippen molar-refractivity contribution in [2.24, 2.45) is 11.3 Å². The Morgan fingerprint density at radius 2 is 1.88 bits per heavy atom. The predicted octanol–water partition coefficient (Wildman–Crippen LogP) is 4.59. The number of halogens is 6. The van der Waals surface area contributed by atoms with Crippen LogP contribution in [0.5, 0.6) is 5.88 Å². The molecule has 1 N–H and O–H groups in total. The first kappa shape index (κ1) is 24.6. The number of carbonyl (C=O) groups is 1. The molecule has 2 atom stereocenters. The van der Waals surface area contributed by atoms with Crippen LogP contribution in [0, 0.1) is 11.3 Å². The number of carbonyl (C=O) groups excluding carboxylic acids is 1. The maximum absolute atomic E-state index is 13.2. The zero-order valence-electron chi connectivity index (χ0n) is 17.6. The lowest BCUT2D eigenvalue weighted by Crippen LogP contribution is -2.63. The second-order valence-electron chi connectivity index (χ2n) is 8.89. The fourth-order valence-electron chi connectivity index (χ4n) is 4.92. The smallest absolute Gasteiger partial charge is 0.421 e. The quantitative estimate of drug-likeness (QED) is 0.643. The third-order valence-electron chi connectivity index (χ3n) is 6.63. The Hall–Kier alpha value is -2.04. The third kappa shape index (κ3) is 5.13. The van der Waals surface area contributed by atoms with Gasteiger partial charge in [-0.25, -0.2) is 4.98 Å². The fourth-order valence-corrected chi connectivity index (χ4v) is 4.92. The molecule has 11 heteroatoms. The van der Waals surface area contributed by atoms with E-state index >= 15 is 0 Å². The predicted molar refractivity (Wildman–Crippen MR) is 102 cm³/mol. The molecule has 180 valence electrons. The van der Waals surface area contributed by atoms with Crippen LogP contribution in [-0.2, 0) is 11.0 Å². The Morgan fingerprint density at radius 3 is 2.47 bits per heavy atom. The van der Waals surface area contributed by atoms with Gasteiger partial charge in [0.05, 0.1) is 6.42 Å². The van der Waals surface area contributed by atoms with Gasteiger partial charge in [0.2, 0.25) is 11.8 Å². The van der Waals surface area contributed by atoms with Crippen LogP contribution in [0.3, 0.4) is 0 Å². The summed E-state index contributed by atoms with van der Waals surface area (Å²) in [5.41, 5.74) is -3.45. The van der Waals surface area contributed by atoms with E-state index in [1.165, 1.54) is 11.8 Å². The third-order valence-corrected chi connectivity index (χ3v) is 6.63. The van der Waals surface area contributed by atoms with Crippen molar-refractivity contribution in [2.45, 2.75) is 63.4 Å². The molecule has 1 aliphatic carbocycles. The average molecular weight is 468 g/mol. The molecule has 1 unspecified atom stereocenters. The molecule has 3 rings (SSSR count). The second-order valence-corrected chi connectivity index (χ2v) is 8.89. The summed E-state index contributed by atoms with van der Waals surface area (Å²) in [7, 11) is 0. The number of ether oxygens (including phenoxy) is 1.